The van der Waals surface area contributed by atoms with Crippen LogP contribution in [0.2, 0.25) is 0 Å². The lowest BCUT2D eigenvalue weighted by molar-refractivity contribution is 0.0907. The molecule has 1 aliphatic heterocycles. The first-order valence-corrected chi connectivity index (χ1v) is 8.00. The minimum atomic E-state index is 0.525. The number of nitrogens with two attached hydrogens (primary N) is 1. The Labute approximate surface area is 113 Å². The molecule has 2 fully saturated rings. The summed E-state index contributed by atoms with van der Waals surface area (Å²) >= 11 is 0. The second kappa shape index (κ2) is 5.92. The average molecular weight is 252 g/mol. The highest BCUT2D eigenvalue weighted by Gasteiger charge is 2.38. The SMILES string of the molecule is CCCC1CCC(CN)C(N2CCC(C)(C)C2)C1. The molecule has 3 atom stereocenters. The zero-order chi connectivity index (χ0) is 13.2. The van der Waals surface area contributed by atoms with Crippen molar-refractivity contribution in [3.05, 3.63) is 0 Å². The van der Waals surface area contributed by atoms with E-state index in [1.807, 2.05) is 0 Å². The Kier molecular flexibility index (Phi) is 4.71. The van der Waals surface area contributed by atoms with Gasteiger partial charge in [0, 0.05) is 12.6 Å². The third kappa shape index (κ3) is 3.27. The molecule has 18 heavy (non-hydrogen) atoms. The molecule has 3 unspecified atom stereocenters. The van der Waals surface area contributed by atoms with E-state index < -0.39 is 0 Å². The van der Waals surface area contributed by atoms with Crippen molar-refractivity contribution in [3.63, 3.8) is 0 Å². The molecule has 0 spiro atoms. The molecule has 2 aliphatic rings. The molecule has 1 saturated carbocycles. The standard InChI is InChI=1S/C16H32N2/c1-4-5-13-6-7-14(11-17)15(10-13)18-9-8-16(2,3)12-18/h13-15H,4-12,17H2,1-3H3. The molecule has 0 aromatic rings. The fourth-order valence-electron chi connectivity index (χ4n) is 4.12. The Balaban J connectivity index is 1.98. The van der Waals surface area contributed by atoms with Crippen LogP contribution in [0.4, 0.5) is 0 Å². The van der Waals surface area contributed by atoms with Gasteiger partial charge in [0.15, 0.2) is 0 Å². The molecule has 0 aromatic carbocycles. The van der Waals surface area contributed by atoms with Gasteiger partial charge in [-0.25, -0.2) is 0 Å². The molecule has 106 valence electrons. The summed E-state index contributed by atoms with van der Waals surface area (Å²) in [4.78, 5) is 2.76. The van der Waals surface area contributed by atoms with Crippen molar-refractivity contribution in [3.8, 4) is 0 Å². The minimum Gasteiger partial charge on any atom is -0.330 e. The van der Waals surface area contributed by atoms with Gasteiger partial charge in [-0.2, -0.15) is 0 Å². The molecule has 1 heterocycles. The van der Waals surface area contributed by atoms with Crippen molar-refractivity contribution in [1.29, 1.82) is 0 Å². The Hall–Kier alpha value is -0.0800. The summed E-state index contributed by atoms with van der Waals surface area (Å²) in [5.41, 5.74) is 6.55. The number of likely N-dealkylation sites (tertiary alicyclic amines) is 1. The van der Waals surface area contributed by atoms with Crippen LogP contribution in [0, 0.1) is 17.3 Å². The van der Waals surface area contributed by atoms with Gasteiger partial charge in [-0.05, 0) is 49.6 Å². The fourth-order valence-corrected chi connectivity index (χ4v) is 4.12. The van der Waals surface area contributed by atoms with Gasteiger partial charge in [-0.3, -0.25) is 4.90 Å². The highest BCUT2D eigenvalue weighted by Crippen LogP contribution is 2.39. The van der Waals surface area contributed by atoms with E-state index in [0.717, 1.165) is 24.4 Å². The average Bonchev–Trinajstić information content (AvgIpc) is 2.70. The first-order chi connectivity index (χ1) is 8.55. The van der Waals surface area contributed by atoms with Crippen molar-refractivity contribution in [2.75, 3.05) is 19.6 Å². The molecule has 2 heteroatoms. The zero-order valence-corrected chi connectivity index (χ0v) is 12.6. The number of nitrogens with zero attached hydrogens (tertiary/aromatic N) is 1. The predicted molar refractivity (Wildman–Crippen MR) is 78.6 cm³/mol. The van der Waals surface area contributed by atoms with Crippen molar-refractivity contribution in [1.82, 2.24) is 4.90 Å². The Bertz CT molecular complexity index is 262. The van der Waals surface area contributed by atoms with Crippen LogP contribution >= 0.6 is 0 Å². The molecule has 2 N–H and O–H groups in total. The first kappa shape index (κ1) is 14.3. The van der Waals surface area contributed by atoms with Crippen molar-refractivity contribution >= 4 is 0 Å². The quantitative estimate of drug-likeness (QED) is 0.832. The van der Waals surface area contributed by atoms with Crippen LogP contribution in [-0.2, 0) is 0 Å². The van der Waals surface area contributed by atoms with E-state index in [1.54, 1.807) is 0 Å². The molecule has 2 nitrogen and oxygen atoms in total. The minimum absolute atomic E-state index is 0.525. The lowest BCUT2D eigenvalue weighted by Crippen LogP contribution is -2.46. The maximum Gasteiger partial charge on any atom is 0.0138 e. The summed E-state index contributed by atoms with van der Waals surface area (Å²) in [6.45, 7) is 10.6. The summed E-state index contributed by atoms with van der Waals surface area (Å²) in [7, 11) is 0. The highest BCUT2D eigenvalue weighted by atomic mass is 15.2. The van der Waals surface area contributed by atoms with Crippen LogP contribution < -0.4 is 5.73 Å². The number of hydrogen-bond donors (Lipinski definition) is 1. The van der Waals surface area contributed by atoms with E-state index in [0.29, 0.717) is 5.41 Å². The van der Waals surface area contributed by atoms with Gasteiger partial charge >= 0.3 is 0 Å². The van der Waals surface area contributed by atoms with Crippen LogP contribution in [0.15, 0.2) is 0 Å². The van der Waals surface area contributed by atoms with E-state index in [9.17, 15) is 0 Å². The Morgan fingerprint density at radius 1 is 1.28 bits per heavy atom. The largest absolute Gasteiger partial charge is 0.330 e. The summed E-state index contributed by atoms with van der Waals surface area (Å²) in [5, 5.41) is 0. The van der Waals surface area contributed by atoms with Crippen LogP contribution in [-0.4, -0.2) is 30.6 Å². The van der Waals surface area contributed by atoms with E-state index in [2.05, 4.69) is 25.7 Å². The van der Waals surface area contributed by atoms with Gasteiger partial charge in [-0.1, -0.05) is 40.0 Å². The molecule has 1 saturated heterocycles. The number of hydrogen-bond acceptors (Lipinski definition) is 2. The van der Waals surface area contributed by atoms with Crippen molar-refractivity contribution in [2.45, 2.75) is 65.3 Å². The van der Waals surface area contributed by atoms with Crippen LogP contribution in [0.25, 0.3) is 0 Å². The van der Waals surface area contributed by atoms with Crippen LogP contribution in [0.3, 0.4) is 0 Å². The second-order valence-corrected chi connectivity index (χ2v) is 7.42. The van der Waals surface area contributed by atoms with E-state index in [4.69, 9.17) is 5.73 Å². The van der Waals surface area contributed by atoms with Gasteiger partial charge in [-0.15, -0.1) is 0 Å². The maximum atomic E-state index is 6.02. The van der Waals surface area contributed by atoms with Gasteiger partial charge in [0.25, 0.3) is 0 Å². The molecule has 0 aromatic heterocycles. The van der Waals surface area contributed by atoms with Crippen LogP contribution in [0.1, 0.15) is 59.3 Å². The van der Waals surface area contributed by atoms with Gasteiger partial charge in [0.2, 0.25) is 0 Å². The summed E-state index contributed by atoms with van der Waals surface area (Å²) in [6, 6.07) is 0.780. The second-order valence-electron chi connectivity index (χ2n) is 7.42. The third-order valence-corrected chi connectivity index (χ3v) is 5.24. The smallest absolute Gasteiger partial charge is 0.0138 e. The normalized spacial score (nSPS) is 37.0. The molecule has 0 bridgehead atoms. The highest BCUT2D eigenvalue weighted by molar-refractivity contribution is 4.93. The van der Waals surface area contributed by atoms with E-state index in [-0.39, 0.29) is 0 Å². The third-order valence-electron chi connectivity index (χ3n) is 5.24. The van der Waals surface area contributed by atoms with Crippen molar-refractivity contribution in [2.24, 2.45) is 23.0 Å². The summed E-state index contributed by atoms with van der Waals surface area (Å²) in [5.74, 6) is 1.72. The Morgan fingerprint density at radius 2 is 2.06 bits per heavy atom. The monoisotopic (exact) mass is 252 g/mol. The molecule has 2 rings (SSSR count). The molecule has 1 aliphatic carbocycles. The fraction of sp³-hybridized carbons (Fsp3) is 1.00. The predicted octanol–water partition coefficient (Wildman–Crippen LogP) is 3.26. The zero-order valence-electron chi connectivity index (χ0n) is 12.6. The van der Waals surface area contributed by atoms with Gasteiger partial charge < -0.3 is 5.73 Å². The lowest BCUT2D eigenvalue weighted by Gasteiger charge is -2.41. The summed E-state index contributed by atoms with van der Waals surface area (Å²) < 4.78 is 0. The number of rotatable bonds is 4. The maximum absolute atomic E-state index is 6.02. The molecule has 0 amide bonds. The van der Waals surface area contributed by atoms with E-state index >= 15 is 0 Å². The topological polar surface area (TPSA) is 29.3 Å². The molecular formula is C16H32N2. The Morgan fingerprint density at radius 3 is 2.61 bits per heavy atom. The van der Waals surface area contributed by atoms with Crippen molar-refractivity contribution < 1.29 is 0 Å². The molecule has 0 radical (unpaired) electrons. The summed E-state index contributed by atoms with van der Waals surface area (Å²) in [6.07, 6.45) is 8.32. The van der Waals surface area contributed by atoms with Crippen LogP contribution in [0.5, 0.6) is 0 Å². The van der Waals surface area contributed by atoms with Gasteiger partial charge in [0.1, 0.15) is 0 Å². The molecular weight excluding hydrogens is 220 g/mol. The van der Waals surface area contributed by atoms with E-state index in [1.165, 1.54) is 51.6 Å². The van der Waals surface area contributed by atoms with Gasteiger partial charge in [0.05, 0.1) is 0 Å². The lowest BCUT2D eigenvalue weighted by atomic mass is 9.76. The first-order valence-electron chi connectivity index (χ1n) is 8.00.